The monoisotopic (exact) mass is 546 g/mol. The number of nitrogens with one attached hydrogen (secondary N) is 1. The molecule has 0 bridgehead atoms. The van der Waals surface area contributed by atoms with E-state index in [2.05, 4.69) is 54.5 Å². The first-order valence-electron chi connectivity index (χ1n) is 9.86. The Morgan fingerprint density at radius 1 is 1.17 bits per heavy atom. The van der Waals surface area contributed by atoms with E-state index in [1.54, 1.807) is 25.6 Å². The van der Waals surface area contributed by atoms with E-state index in [-0.39, 0.29) is 29.4 Å². The molecule has 1 heterocycles. The van der Waals surface area contributed by atoms with Crippen molar-refractivity contribution in [3.63, 3.8) is 0 Å². The van der Waals surface area contributed by atoms with Crippen LogP contribution >= 0.6 is 35.3 Å². The zero-order valence-electron chi connectivity index (χ0n) is 19.1. The summed E-state index contributed by atoms with van der Waals surface area (Å²) in [6.45, 7) is 8.24. The number of rotatable bonds is 8. The molecule has 6 nitrogen and oxygen atoms in total. The maximum absolute atomic E-state index is 5.39. The van der Waals surface area contributed by atoms with E-state index in [0.29, 0.717) is 0 Å². The van der Waals surface area contributed by atoms with Crippen molar-refractivity contribution < 1.29 is 9.47 Å². The largest absolute Gasteiger partial charge is 0.493 e. The van der Waals surface area contributed by atoms with Crippen molar-refractivity contribution in [3.8, 4) is 11.5 Å². The Kier molecular flexibility index (Phi) is 10.9. The third-order valence-electron chi connectivity index (χ3n) is 4.70. The fourth-order valence-electron chi connectivity index (χ4n) is 2.88. The SMILES string of the molecule is CN=C(NCCc1nc(C(C)(C)C)cs1)N(C)CCc1ccc(OC)c(OC)c1.I. The van der Waals surface area contributed by atoms with Crippen LogP contribution in [0.2, 0.25) is 0 Å². The summed E-state index contributed by atoms with van der Waals surface area (Å²) in [5, 5.41) is 6.76. The van der Waals surface area contributed by atoms with Crippen molar-refractivity contribution in [2.45, 2.75) is 39.0 Å². The number of likely N-dealkylation sites (N-methyl/N-ethyl adjacent to an activating group) is 1. The molecular weight excluding hydrogens is 511 g/mol. The lowest BCUT2D eigenvalue weighted by atomic mass is 9.93. The Hall–Kier alpha value is -1.55. The van der Waals surface area contributed by atoms with Crippen LogP contribution in [0.25, 0.3) is 0 Å². The topological polar surface area (TPSA) is 59.0 Å². The van der Waals surface area contributed by atoms with Crippen LogP contribution in [0.4, 0.5) is 0 Å². The normalized spacial score (nSPS) is 11.6. The summed E-state index contributed by atoms with van der Waals surface area (Å²) in [5.74, 6) is 2.39. The molecule has 0 unspecified atom stereocenters. The molecule has 0 saturated carbocycles. The first kappa shape index (κ1) is 26.5. The van der Waals surface area contributed by atoms with Gasteiger partial charge in [0, 0.05) is 44.4 Å². The Morgan fingerprint density at radius 3 is 2.43 bits per heavy atom. The number of ether oxygens (including phenoxy) is 2. The first-order chi connectivity index (χ1) is 13.8. The van der Waals surface area contributed by atoms with Gasteiger partial charge in [0.2, 0.25) is 0 Å². The number of guanidine groups is 1. The molecular formula is C22H35IN4O2S. The predicted octanol–water partition coefficient (Wildman–Crippen LogP) is 4.37. The number of aromatic nitrogens is 1. The molecule has 2 aromatic rings. The molecule has 1 N–H and O–H groups in total. The highest BCUT2D eigenvalue weighted by atomic mass is 127. The molecule has 30 heavy (non-hydrogen) atoms. The standard InChI is InChI=1S/C22H34N4O2S.HI/c1-22(2,3)19-15-29-20(25-19)10-12-24-21(23-4)26(5)13-11-16-8-9-17(27-6)18(14-16)28-7;/h8-9,14-15H,10-13H2,1-7H3,(H,23,24);1H. The van der Waals surface area contributed by atoms with Gasteiger partial charge in [0.25, 0.3) is 0 Å². The molecule has 1 aromatic carbocycles. The number of methoxy groups -OCH3 is 2. The van der Waals surface area contributed by atoms with Gasteiger partial charge in [-0.15, -0.1) is 35.3 Å². The van der Waals surface area contributed by atoms with Crippen LogP contribution < -0.4 is 14.8 Å². The third-order valence-corrected chi connectivity index (χ3v) is 5.61. The second-order valence-electron chi connectivity index (χ2n) is 7.96. The number of benzene rings is 1. The Balaban J connectivity index is 0.00000450. The van der Waals surface area contributed by atoms with E-state index in [9.17, 15) is 0 Å². The number of aliphatic imine (C=N–C) groups is 1. The highest BCUT2D eigenvalue weighted by Gasteiger charge is 2.17. The minimum absolute atomic E-state index is 0. The summed E-state index contributed by atoms with van der Waals surface area (Å²) in [6, 6.07) is 6.04. The molecule has 0 aliphatic carbocycles. The van der Waals surface area contributed by atoms with Gasteiger partial charge in [-0.05, 0) is 24.1 Å². The van der Waals surface area contributed by atoms with Gasteiger partial charge in [-0.3, -0.25) is 4.99 Å². The smallest absolute Gasteiger partial charge is 0.193 e. The second-order valence-corrected chi connectivity index (χ2v) is 8.90. The van der Waals surface area contributed by atoms with Crippen molar-refractivity contribution in [1.82, 2.24) is 15.2 Å². The van der Waals surface area contributed by atoms with Crippen molar-refractivity contribution in [3.05, 3.63) is 39.8 Å². The third kappa shape index (κ3) is 7.61. The lowest BCUT2D eigenvalue weighted by molar-refractivity contribution is 0.354. The number of thiazole rings is 1. The number of hydrogen-bond donors (Lipinski definition) is 1. The van der Waals surface area contributed by atoms with Crippen molar-refractivity contribution >= 4 is 41.3 Å². The van der Waals surface area contributed by atoms with Gasteiger partial charge in [0.05, 0.1) is 24.9 Å². The molecule has 0 radical (unpaired) electrons. The van der Waals surface area contributed by atoms with Gasteiger partial charge in [0.15, 0.2) is 17.5 Å². The van der Waals surface area contributed by atoms with E-state index >= 15 is 0 Å². The maximum Gasteiger partial charge on any atom is 0.193 e. The van der Waals surface area contributed by atoms with E-state index in [1.807, 2.05) is 19.2 Å². The molecule has 8 heteroatoms. The molecule has 0 amide bonds. The van der Waals surface area contributed by atoms with Crippen LogP contribution in [0.5, 0.6) is 11.5 Å². The molecule has 1 aromatic heterocycles. The molecule has 0 saturated heterocycles. The van der Waals surface area contributed by atoms with Crippen LogP contribution in [0.3, 0.4) is 0 Å². The van der Waals surface area contributed by atoms with Crippen LogP contribution in [-0.2, 0) is 18.3 Å². The van der Waals surface area contributed by atoms with Gasteiger partial charge in [-0.1, -0.05) is 26.8 Å². The van der Waals surface area contributed by atoms with Gasteiger partial charge in [-0.2, -0.15) is 0 Å². The van der Waals surface area contributed by atoms with Gasteiger partial charge in [-0.25, -0.2) is 4.98 Å². The fraction of sp³-hybridized carbons (Fsp3) is 0.545. The molecule has 0 fully saturated rings. The maximum atomic E-state index is 5.39. The van der Waals surface area contributed by atoms with Crippen molar-refractivity contribution in [1.29, 1.82) is 0 Å². The second kappa shape index (κ2) is 12.3. The fourth-order valence-corrected chi connectivity index (χ4v) is 3.90. The molecule has 168 valence electrons. The van der Waals surface area contributed by atoms with Crippen LogP contribution in [0.15, 0.2) is 28.6 Å². The van der Waals surface area contributed by atoms with E-state index in [1.165, 1.54) is 5.56 Å². The highest BCUT2D eigenvalue weighted by Crippen LogP contribution is 2.27. The zero-order chi connectivity index (χ0) is 21.4. The van der Waals surface area contributed by atoms with Crippen LogP contribution in [0.1, 0.15) is 37.0 Å². The van der Waals surface area contributed by atoms with E-state index in [4.69, 9.17) is 14.5 Å². The number of hydrogen-bond acceptors (Lipinski definition) is 5. The minimum atomic E-state index is 0. The summed E-state index contributed by atoms with van der Waals surface area (Å²) in [6.07, 6.45) is 1.78. The van der Waals surface area contributed by atoms with Gasteiger partial charge >= 0.3 is 0 Å². The lowest BCUT2D eigenvalue weighted by Crippen LogP contribution is -2.40. The van der Waals surface area contributed by atoms with Crippen LogP contribution in [0, 0.1) is 0 Å². The average molecular weight is 547 g/mol. The lowest BCUT2D eigenvalue weighted by Gasteiger charge is -2.22. The summed E-state index contributed by atoms with van der Waals surface area (Å²) < 4.78 is 10.7. The Bertz CT molecular complexity index is 818. The summed E-state index contributed by atoms with van der Waals surface area (Å²) in [5.41, 5.74) is 2.46. The molecule has 0 aliphatic heterocycles. The van der Waals surface area contributed by atoms with Crippen LogP contribution in [-0.4, -0.2) is 57.2 Å². The Morgan fingerprint density at radius 2 is 1.87 bits per heavy atom. The summed E-state index contributed by atoms with van der Waals surface area (Å²) in [7, 11) is 7.18. The highest BCUT2D eigenvalue weighted by molar-refractivity contribution is 14.0. The number of halogens is 1. The van der Waals surface area contributed by atoms with Gasteiger partial charge < -0.3 is 19.7 Å². The molecule has 0 spiro atoms. The summed E-state index contributed by atoms with van der Waals surface area (Å²) in [4.78, 5) is 11.3. The van der Waals surface area contributed by atoms with Crippen molar-refractivity contribution in [2.24, 2.45) is 4.99 Å². The van der Waals surface area contributed by atoms with E-state index < -0.39 is 0 Å². The summed E-state index contributed by atoms with van der Waals surface area (Å²) >= 11 is 1.73. The zero-order valence-corrected chi connectivity index (χ0v) is 22.3. The molecule has 2 rings (SSSR count). The molecule has 0 aliphatic rings. The average Bonchev–Trinajstić information content (AvgIpc) is 3.18. The molecule has 0 atom stereocenters. The Labute approximate surface area is 202 Å². The van der Waals surface area contributed by atoms with Gasteiger partial charge in [0.1, 0.15) is 0 Å². The minimum Gasteiger partial charge on any atom is -0.493 e. The predicted molar refractivity (Wildman–Crippen MR) is 137 cm³/mol. The van der Waals surface area contributed by atoms with Crippen molar-refractivity contribution in [2.75, 3.05) is 41.4 Å². The van der Waals surface area contributed by atoms with E-state index in [0.717, 1.165) is 54.1 Å². The first-order valence-corrected chi connectivity index (χ1v) is 10.7. The quantitative estimate of drug-likeness (QED) is 0.303. The number of nitrogens with zero attached hydrogens (tertiary/aromatic N) is 3.